The van der Waals surface area contributed by atoms with Crippen LogP contribution in [0.3, 0.4) is 0 Å². The topological polar surface area (TPSA) is 72.8 Å². The van der Waals surface area contributed by atoms with Crippen LogP contribution in [0, 0.1) is 5.92 Å². The van der Waals surface area contributed by atoms with Crippen LogP contribution in [0.4, 0.5) is 0 Å². The first kappa shape index (κ1) is 28.3. The fourth-order valence-electron chi connectivity index (χ4n) is 3.67. The molecule has 0 fully saturated rings. The van der Waals surface area contributed by atoms with Crippen molar-refractivity contribution in [3.8, 4) is 0 Å². The van der Waals surface area contributed by atoms with E-state index in [2.05, 4.69) is 56.5 Å². The second kappa shape index (κ2) is 13.2. The molecule has 0 saturated heterocycles. The third-order valence-corrected chi connectivity index (χ3v) is 6.11. The van der Waals surface area contributed by atoms with Crippen molar-refractivity contribution >= 4 is 22.7 Å². The highest BCUT2D eigenvalue weighted by Gasteiger charge is 2.26. The second-order valence-corrected chi connectivity index (χ2v) is 9.89. The van der Waals surface area contributed by atoms with E-state index in [-0.39, 0.29) is 24.7 Å². The predicted octanol–water partition coefficient (Wildman–Crippen LogP) is 6.11. The highest BCUT2D eigenvalue weighted by molar-refractivity contribution is 5.89. The molecule has 0 heterocycles. The van der Waals surface area contributed by atoms with Gasteiger partial charge in [-0.25, -0.2) is 9.59 Å². The number of fused-ring (bicyclic) bond motifs is 1. The zero-order chi connectivity index (χ0) is 26.0. The maximum atomic E-state index is 12.3. The molecule has 35 heavy (non-hydrogen) atoms. The SMILES string of the molecule is C=C(C)C(=O)OCC(CCc1ccc2cc(CCCCC)ccc2c1)COC(=O)C(=C)C(C)(C)O. The smallest absolute Gasteiger partial charge is 0.336 e. The summed E-state index contributed by atoms with van der Waals surface area (Å²) in [4.78, 5) is 24.1. The Kier molecular flexibility index (Phi) is 10.7. The summed E-state index contributed by atoms with van der Waals surface area (Å²) in [5.74, 6) is -1.33. The molecule has 0 spiro atoms. The molecule has 0 amide bonds. The Morgan fingerprint density at radius 2 is 1.46 bits per heavy atom. The molecule has 190 valence electrons. The lowest BCUT2D eigenvalue weighted by Crippen LogP contribution is -2.30. The molecule has 2 aromatic carbocycles. The fourth-order valence-corrected chi connectivity index (χ4v) is 3.67. The van der Waals surface area contributed by atoms with Crippen molar-refractivity contribution in [1.82, 2.24) is 0 Å². The average molecular weight is 481 g/mol. The molecule has 1 unspecified atom stereocenters. The van der Waals surface area contributed by atoms with Gasteiger partial charge in [-0.3, -0.25) is 0 Å². The first-order valence-corrected chi connectivity index (χ1v) is 12.4. The van der Waals surface area contributed by atoms with Crippen LogP contribution in [-0.4, -0.2) is 35.9 Å². The molecule has 0 bridgehead atoms. The van der Waals surface area contributed by atoms with Crippen LogP contribution in [0.5, 0.6) is 0 Å². The Morgan fingerprint density at radius 1 is 0.914 bits per heavy atom. The van der Waals surface area contributed by atoms with Gasteiger partial charge in [-0.15, -0.1) is 0 Å². The molecule has 0 aliphatic heterocycles. The zero-order valence-corrected chi connectivity index (χ0v) is 21.7. The Morgan fingerprint density at radius 3 is 1.97 bits per heavy atom. The lowest BCUT2D eigenvalue weighted by atomic mass is 9.97. The van der Waals surface area contributed by atoms with Gasteiger partial charge in [0.1, 0.15) is 0 Å². The van der Waals surface area contributed by atoms with Crippen LogP contribution < -0.4 is 0 Å². The molecule has 5 nitrogen and oxygen atoms in total. The van der Waals surface area contributed by atoms with Crippen LogP contribution in [-0.2, 0) is 31.9 Å². The minimum Gasteiger partial charge on any atom is -0.462 e. The van der Waals surface area contributed by atoms with E-state index >= 15 is 0 Å². The van der Waals surface area contributed by atoms with Gasteiger partial charge < -0.3 is 14.6 Å². The molecule has 0 aromatic heterocycles. The number of esters is 2. The lowest BCUT2D eigenvalue weighted by molar-refractivity contribution is -0.145. The number of ether oxygens (including phenoxy) is 2. The predicted molar refractivity (Wildman–Crippen MR) is 141 cm³/mol. The molecule has 0 saturated carbocycles. The van der Waals surface area contributed by atoms with Crippen LogP contribution in [0.1, 0.15) is 64.5 Å². The first-order valence-electron chi connectivity index (χ1n) is 12.4. The summed E-state index contributed by atoms with van der Waals surface area (Å²) < 4.78 is 10.7. The summed E-state index contributed by atoms with van der Waals surface area (Å²) in [5.41, 5.74) is 1.48. The third kappa shape index (κ3) is 9.33. The molecular weight excluding hydrogens is 440 g/mol. The molecule has 0 radical (unpaired) electrons. The lowest BCUT2D eigenvalue weighted by Gasteiger charge is -2.21. The fraction of sp³-hybridized carbons (Fsp3) is 0.467. The van der Waals surface area contributed by atoms with Gasteiger partial charge in [-0.1, -0.05) is 69.3 Å². The zero-order valence-electron chi connectivity index (χ0n) is 21.7. The van der Waals surface area contributed by atoms with E-state index < -0.39 is 17.5 Å². The van der Waals surface area contributed by atoms with E-state index in [1.807, 2.05) is 0 Å². The van der Waals surface area contributed by atoms with Gasteiger partial charge in [0.05, 0.1) is 24.4 Å². The molecule has 0 aliphatic rings. The third-order valence-electron chi connectivity index (χ3n) is 6.11. The van der Waals surface area contributed by atoms with Crippen molar-refractivity contribution < 1.29 is 24.2 Å². The van der Waals surface area contributed by atoms with Crippen LogP contribution in [0.15, 0.2) is 60.7 Å². The normalized spacial score (nSPS) is 12.3. The van der Waals surface area contributed by atoms with Crippen molar-refractivity contribution in [3.63, 3.8) is 0 Å². The van der Waals surface area contributed by atoms with Crippen LogP contribution in [0.25, 0.3) is 10.8 Å². The summed E-state index contributed by atoms with van der Waals surface area (Å²) in [6.07, 6.45) is 6.19. The Hall–Kier alpha value is -2.92. The monoisotopic (exact) mass is 480 g/mol. The molecule has 1 atom stereocenters. The highest BCUT2D eigenvalue weighted by Crippen LogP contribution is 2.22. The van der Waals surface area contributed by atoms with Gasteiger partial charge in [0.2, 0.25) is 0 Å². The van der Waals surface area contributed by atoms with Gasteiger partial charge >= 0.3 is 11.9 Å². The van der Waals surface area contributed by atoms with E-state index in [0.29, 0.717) is 12.0 Å². The Labute approximate surface area is 209 Å². The Bertz CT molecular complexity index is 1040. The van der Waals surface area contributed by atoms with Gasteiger partial charge in [0, 0.05) is 11.5 Å². The second-order valence-electron chi connectivity index (χ2n) is 9.89. The number of aryl methyl sites for hydroxylation is 2. The minimum absolute atomic E-state index is 0.0150. The molecular formula is C30H40O5. The summed E-state index contributed by atoms with van der Waals surface area (Å²) in [6, 6.07) is 13.1. The van der Waals surface area contributed by atoms with Gasteiger partial charge in [-0.2, -0.15) is 0 Å². The van der Waals surface area contributed by atoms with E-state index in [9.17, 15) is 14.7 Å². The number of carbonyl (C=O) groups excluding carboxylic acids is 2. The standard InChI is InChI=1S/C30H40O5/c1-7-8-9-10-23-13-15-27-18-24(14-16-26(27)17-23)11-12-25(19-34-28(31)21(2)3)20-35-29(32)22(4)30(5,6)33/h13-18,25,33H,2,4,7-12,19-20H2,1,3,5-6H3. The largest absolute Gasteiger partial charge is 0.462 e. The van der Waals surface area contributed by atoms with Gasteiger partial charge in [-0.05, 0) is 68.4 Å². The van der Waals surface area contributed by atoms with Crippen LogP contribution in [0.2, 0.25) is 0 Å². The number of benzene rings is 2. The van der Waals surface area contributed by atoms with E-state index in [1.165, 1.54) is 55.0 Å². The average Bonchev–Trinajstić information content (AvgIpc) is 2.81. The number of carbonyl (C=O) groups is 2. The van der Waals surface area contributed by atoms with Gasteiger partial charge in [0.15, 0.2) is 0 Å². The van der Waals surface area contributed by atoms with Crippen molar-refractivity contribution in [1.29, 1.82) is 0 Å². The summed E-state index contributed by atoms with van der Waals surface area (Å²) >= 11 is 0. The number of rotatable bonds is 14. The maximum Gasteiger partial charge on any atom is 0.336 e. The van der Waals surface area contributed by atoms with E-state index in [4.69, 9.17) is 9.47 Å². The Balaban J connectivity index is 2.03. The molecule has 0 aliphatic carbocycles. The molecule has 5 heteroatoms. The van der Waals surface area contributed by atoms with Gasteiger partial charge in [0.25, 0.3) is 0 Å². The van der Waals surface area contributed by atoms with Crippen molar-refractivity contribution in [2.75, 3.05) is 13.2 Å². The number of aliphatic hydroxyl groups is 1. The van der Waals surface area contributed by atoms with Crippen molar-refractivity contribution in [2.24, 2.45) is 5.92 Å². The van der Waals surface area contributed by atoms with Crippen LogP contribution >= 0.6 is 0 Å². The maximum absolute atomic E-state index is 12.3. The van der Waals surface area contributed by atoms with Crippen molar-refractivity contribution in [3.05, 3.63) is 71.8 Å². The molecule has 2 aromatic rings. The first-order chi connectivity index (χ1) is 16.5. The number of unbranched alkanes of at least 4 members (excludes halogenated alkanes) is 2. The number of hydrogen-bond donors (Lipinski definition) is 1. The minimum atomic E-state index is -1.36. The summed E-state index contributed by atoms with van der Waals surface area (Å²) in [7, 11) is 0. The summed E-state index contributed by atoms with van der Waals surface area (Å²) in [6.45, 7) is 14.2. The summed E-state index contributed by atoms with van der Waals surface area (Å²) in [5, 5.41) is 12.4. The van der Waals surface area contributed by atoms with E-state index in [1.54, 1.807) is 6.92 Å². The molecule has 2 rings (SSSR count). The number of hydrogen-bond acceptors (Lipinski definition) is 5. The van der Waals surface area contributed by atoms with Crippen molar-refractivity contribution in [2.45, 2.75) is 71.8 Å². The van der Waals surface area contributed by atoms with E-state index in [0.717, 1.165) is 12.8 Å². The molecule has 1 N–H and O–H groups in total. The quantitative estimate of drug-likeness (QED) is 0.201. The highest BCUT2D eigenvalue weighted by atomic mass is 16.5.